The Kier molecular flexibility index (Phi) is 3.81. The Labute approximate surface area is 134 Å². The van der Waals surface area contributed by atoms with Crippen LogP contribution in [0.15, 0.2) is 28.6 Å². The number of rotatable bonds is 2. The van der Waals surface area contributed by atoms with Crippen LogP contribution in [-0.2, 0) is 12.8 Å². The monoisotopic (exact) mass is 312 g/mol. The molecule has 2 heterocycles. The summed E-state index contributed by atoms with van der Waals surface area (Å²) in [6, 6.07) is 6.81. The van der Waals surface area contributed by atoms with E-state index < -0.39 is 0 Å². The van der Waals surface area contributed by atoms with E-state index in [4.69, 9.17) is 4.98 Å². The molecule has 1 aliphatic heterocycles. The average Bonchev–Trinajstić information content (AvgIpc) is 3.04. The molecule has 1 aromatic heterocycles. The van der Waals surface area contributed by atoms with Crippen molar-refractivity contribution in [2.24, 2.45) is 4.99 Å². The van der Waals surface area contributed by atoms with Crippen molar-refractivity contribution in [3.8, 4) is 11.3 Å². The number of nitrogens with one attached hydrogen (secondary N) is 2. The summed E-state index contributed by atoms with van der Waals surface area (Å²) in [5.74, 6) is 0.845. The van der Waals surface area contributed by atoms with E-state index in [1.807, 2.05) is 0 Å². The van der Waals surface area contributed by atoms with Crippen LogP contribution in [0.25, 0.3) is 11.3 Å². The molecule has 0 bridgehead atoms. The molecule has 0 fully saturated rings. The molecule has 0 radical (unpaired) electrons. The Bertz CT molecular complexity index is 704. The van der Waals surface area contributed by atoms with E-state index in [1.165, 1.54) is 42.4 Å². The van der Waals surface area contributed by atoms with Crippen molar-refractivity contribution in [3.05, 3.63) is 34.7 Å². The van der Waals surface area contributed by atoms with Gasteiger partial charge in [0.15, 0.2) is 11.1 Å². The van der Waals surface area contributed by atoms with Gasteiger partial charge >= 0.3 is 0 Å². The number of fused-ring (bicyclic) bond motifs is 1. The van der Waals surface area contributed by atoms with Crippen LogP contribution in [-0.4, -0.2) is 24.0 Å². The van der Waals surface area contributed by atoms with Gasteiger partial charge in [0.05, 0.1) is 5.69 Å². The number of anilines is 1. The number of hydrogen-bond acceptors (Lipinski definition) is 5. The van der Waals surface area contributed by atoms with Crippen LogP contribution in [0.2, 0.25) is 0 Å². The maximum atomic E-state index is 4.71. The number of hydrogen-bond donors (Lipinski definition) is 2. The molecule has 0 atom stereocenters. The first-order chi connectivity index (χ1) is 10.9. The topological polar surface area (TPSA) is 49.3 Å². The van der Waals surface area contributed by atoms with Crippen LogP contribution in [0.5, 0.6) is 0 Å². The third-order valence-corrected chi connectivity index (χ3v) is 5.03. The molecule has 114 valence electrons. The van der Waals surface area contributed by atoms with E-state index in [2.05, 4.69) is 39.2 Å². The first-order valence-electron chi connectivity index (χ1n) is 8.01. The van der Waals surface area contributed by atoms with Gasteiger partial charge in [-0.2, -0.15) is 0 Å². The Morgan fingerprint density at radius 2 is 2.00 bits per heavy atom. The summed E-state index contributed by atoms with van der Waals surface area (Å²) < 4.78 is 0. The normalized spacial score (nSPS) is 17.4. The second kappa shape index (κ2) is 6.08. The minimum absolute atomic E-state index is 0.845. The van der Waals surface area contributed by atoms with E-state index in [-0.39, 0.29) is 0 Å². The van der Waals surface area contributed by atoms with Crippen molar-refractivity contribution in [2.75, 3.05) is 18.4 Å². The van der Waals surface area contributed by atoms with Gasteiger partial charge in [0.25, 0.3) is 0 Å². The lowest BCUT2D eigenvalue weighted by Crippen LogP contribution is -2.35. The predicted molar refractivity (Wildman–Crippen MR) is 92.7 cm³/mol. The van der Waals surface area contributed by atoms with Crippen LogP contribution < -0.4 is 10.6 Å². The molecule has 0 saturated carbocycles. The van der Waals surface area contributed by atoms with Gasteiger partial charge in [0.1, 0.15) is 0 Å². The van der Waals surface area contributed by atoms with E-state index in [9.17, 15) is 0 Å². The third-order valence-electron chi connectivity index (χ3n) is 4.27. The van der Waals surface area contributed by atoms with Crippen molar-refractivity contribution in [3.63, 3.8) is 0 Å². The summed E-state index contributed by atoms with van der Waals surface area (Å²) >= 11 is 1.63. The summed E-state index contributed by atoms with van der Waals surface area (Å²) in [7, 11) is 0. The highest BCUT2D eigenvalue weighted by Crippen LogP contribution is 2.29. The van der Waals surface area contributed by atoms with Gasteiger partial charge < -0.3 is 10.6 Å². The molecule has 0 spiro atoms. The van der Waals surface area contributed by atoms with Crippen molar-refractivity contribution in [2.45, 2.75) is 32.1 Å². The van der Waals surface area contributed by atoms with E-state index >= 15 is 0 Å². The smallest absolute Gasteiger partial charge is 0.197 e. The summed E-state index contributed by atoms with van der Waals surface area (Å²) in [5, 5.41) is 9.57. The fourth-order valence-electron chi connectivity index (χ4n) is 3.07. The molecule has 1 aromatic carbocycles. The van der Waals surface area contributed by atoms with Crippen LogP contribution >= 0.6 is 11.3 Å². The molecular formula is C17H20N4S. The molecule has 22 heavy (non-hydrogen) atoms. The van der Waals surface area contributed by atoms with E-state index in [0.29, 0.717) is 0 Å². The number of aromatic nitrogens is 1. The third kappa shape index (κ3) is 2.86. The maximum absolute atomic E-state index is 4.71. The number of thiazole rings is 1. The molecule has 0 saturated heterocycles. The molecule has 5 heteroatoms. The molecule has 4 nitrogen and oxygen atoms in total. The van der Waals surface area contributed by atoms with Crippen LogP contribution in [0.3, 0.4) is 0 Å². The van der Waals surface area contributed by atoms with Gasteiger partial charge in [-0.05, 0) is 49.3 Å². The summed E-state index contributed by atoms with van der Waals surface area (Å²) in [5.41, 5.74) is 5.30. The molecule has 2 aliphatic rings. The average molecular weight is 312 g/mol. The first kappa shape index (κ1) is 13.8. The Morgan fingerprint density at radius 1 is 1.09 bits per heavy atom. The summed E-state index contributed by atoms with van der Waals surface area (Å²) in [6.45, 7) is 1.87. The molecule has 0 unspecified atom stereocenters. The quantitative estimate of drug-likeness (QED) is 0.893. The van der Waals surface area contributed by atoms with Crippen molar-refractivity contribution in [1.29, 1.82) is 0 Å². The standard InChI is InChI=1S/C17H20N4S/c1-2-5-13-10-14(7-6-12(13)4-1)15-11-22-17(20-15)21-16-18-8-3-9-19-16/h6-7,10-11H,1-5,8-9H2,(H2,18,19,20,21). The number of guanidine groups is 1. The Morgan fingerprint density at radius 3 is 2.86 bits per heavy atom. The minimum atomic E-state index is 0.845. The second-order valence-electron chi connectivity index (χ2n) is 5.86. The molecule has 2 aromatic rings. The lowest BCUT2D eigenvalue weighted by molar-refractivity contribution is 0.686. The van der Waals surface area contributed by atoms with E-state index in [1.54, 1.807) is 11.3 Å². The van der Waals surface area contributed by atoms with E-state index in [0.717, 1.165) is 36.3 Å². The van der Waals surface area contributed by atoms with Crippen LogP contribution in [0.4, 0.5) is 5.13 Å². The largest absolute Gasteiger partial charge is 0.356 e. The Hall–Kier alpha value is -1.88. The highest BCUT2D eigenvalue weighted by Gasteiger charge is 2.12. The highest BCUT2D eigenvalue weighted by molar-refractivity contribution is 7.14. The minimum Gasteiger partial charge on any atom is -0.356 e. The van der Waals surface area contributed by atoms with Gasteiger partial charge in [-0.25, -0.2) is 4.98 Å². The summed E-state index contributed by atoms with van der Waals surface area (Å²) in [6.07, 6.45) is 6.17. The predicted octanol–water partition coefficient (Wildman–Crippen LogP) is 3.45. The van der Waals surface area contributed by atoms with Gasteiger partial charge in [0, 0.05) is 24.0 Å². The SMILES string of the molecule is c1cc2c(cc1-c1csc(NC3=NCCCN3)n1)CCCC2. The number of aryl methyl sites for hydroxylation is 2. The zero-order valence-electron chi connectivity index (χ0n) is 12.6. The number of nitrogens with zero attached hydrogens (tertiary/aromatic N) is 2. The van der Waals surface area contributed by atoms with Crippen LogP contribution in [0, 0.1) is 0 Å². The fraction of sp³-hybridized carbons (Fsp3) is 0.412. The molecule has 0 amide bonds. The number of benzene rings is 1. The zero-order valence-corrected chi connectivity index (χ0v) is 13.4. The lowest BCUT2D eigenvalue weighted by atomic mass is 9.90. The molecule has 1 aliphatic carbocycles. The zero-order chi connectivity index (χ0) is 14.8. The molecular weight excluding hydrogens is 292 g/mol. The Balaban J connectivity index is 1.54. The second-order valence-corrected chi connectivity index (χ2v) is 6.72. The van der Waals surface area contributed by atoms with Crippen molar-refractivity contribution in [1.82, 2.24) is 10.3 Å². The van der Waals surface area contributed by atoms with Gasteiger partial charge in [-0.1, -0.05) is 12.1 Å². The molecule has 4 rings (SSSR count). The first-order valence-corrected chi connectivity index (χ1v) is 8.89. The summed E-state index contributed by atoms with van der Waals surface area (Å²) in [4.78, 5) is 9.14. The molecule has 2 N–H and O–H groups in total. The van der Waals surface area contributed by atoms with Gasteiger partial charge in [-0.15, -0.1) is 11.3 Å². The van der Waals surface area contributed by atoms with Crippen molar-refractivity contribution < 1.29 is 0 Å². The van der Waals surface area contributed by atoms with Gasteiger partial charge in [-0.3, -0.25) is 4.99 Å². The maximum Gasteiger partial charge on any atom is 0.197 e. The van der Waals surface area contributed by atoms with Crippen molar-refractivity contribution >= 4 is 22.4 Å². The fourth-order valence-corrected chi connectivity index (χ4v) is 3.79. The number of aliphatic imine (C=N–C) groups is 1. The lowest BCUT2D eigenvalue weighted by Gasteiger charge is -2.16. The van der Waals surface area contributed by atoms with Crippen LogP contribution in [0.1, 0.15) is 30.4 Å². The van der Waals surface area contributed by atoms with Gasteiger partial charge in [0.2, 0.25) is 0 Å². The highest BCUT2D eigenvalue weighted by atomic mass is 32.1.